The zero-order chi connectivity index (χ0) is 14.5. The Hall–Kier alpha value is -0.325. The number of aliphatic hydroxyl groups is 1. The van der Waals surface area contributed by atoms with E-state index in [9.17, 15) is 5.11 Å². The number of aliphatic imine (C=N–C) groups is 1. The molecule has 0 aromatic carbocycles. The van der Waals surface area contributed by atoms with Crippen molar-refractivity contribution in [3.63, 3.8) is 0 Å². The number of nitrogens with zero attached hydrogens (tertiary/aromatic N) is 1. The highest BCUT2D eigenvalue weighted by molar-refractivity contribution is 7.99. The van der Waals surface area contributed by atoms with Gasteiger partial charge in [0, 0.05) is 17.8 Å². The lowest BCUT2D eigenvalue weighted by molar-refractivity contribution is -0.0903. The molecule has 1 heterocycles. The van der Waals surface area contributed by atoms with Gasteiger partial charge in [-0.05, 0) is 46.1 Å². The van der Waals surface area contributed by atoms with E-state index >= 15 is 0 Å². The fraction of sp³-hybridized carbons (Fsp3) is 0.846. The van der Waals surface area contributed by atoms with Gasteiger partial charge in [-0.2, -0.15) is 11.8 Å². The molecule has 2 N–H and O–H groups in total. The second-order valence-electron chi connectivity index (χ2n) is 6.03. The maximum Gasteiger partial charge on any atom is 0.289 e. The molecule has 1 aliphatic heterocycles. The zero-order valence-corrected chi connectivity index (χ0v) is 13.2. The topological polar surface area (TPSA) is 65.7 Å². The smallest absolute Gasteiger partial charge is 0.289 e. The van der Waals surface area contributed by atoms with Gasteiger partial charge in [-0.1, -0.05) is 0 Å². The van der Waals surface area contributed by atoms with E-state index in [1.54, 1.807) is 13.8 Å². The molecule has 1 saturated heterocycles. The van der Waals surface area contributed by atoms with Gasteiger partial charge in [-0.15, -0.1) is 0 Å². The third-order valence-electron chi connectivity index (χ3n) is 3.72. The molecule has 1 aliphatic rings. The van der Waals surface area contributed by atoms with Crippen molar-refractivity contribution in [3.05, 3.63) is 0 Å². The summed E-state index contributed by atoms with van der Waals surface area (Å²) >= 11 is 1.93. The van der Waals surface area contributed by atoms with Crippen LogP contribution < -0.4 is 0 Å². The second kappa shape index (κ2) is 6.91. The van der Waals surface area contributed by atoms with Crippen LogP contribution in [0.3, 0.4) is 0 Å². The van der Waals surface area contributed by atoms with E-state index < -0.39 is 11.2 Å². The number of rotatable bonds is 7. The van der Waals surface area contributed by atoms with Crippen LogP contribution >= 0.6 is 11.8 Å². The largest absolute Gasteiger partial charge is 0.431 e. The zero-order valence-electron chi connectivity index (χ0n) is 12.3. The summed E-state index contributed by atoms with van der Waals surface area (Å²) in [5.41, 5.74) is -1.57. The Kier molecular flexibility index (Phi) is 6.08. The molecule has 1 fully saturated rings. The fourth-order valence-electron chi connectivity index (χ4n) is 1.49. The third-order valence-corrected chi connectivity index (χ3v) is 4.86. The molecule has 108 valence electrons. The van der Waals surface area contributed by atoms with E-state index in [-0.39, 0.29) is 5.82 Å². The van der Waals surface area contributed by atoms with Crippen molar-refractivity contribution in [1.82, 2.24) is 0 Å². The van der Waals surface area contributed by atoms with Crippen LogP contribution in [-0.2, 0) is 4.65 Å². The van der Waals surface area contributed by atoms with Crippen molar-refractivity contribution < 1.29 is 9.76 Å². The van der Waals surface area contributed by atoms with E-state index in [0.717, 1.165) is 12.2 Å². The molecular weight excluding hydrogens is 259 g/mol. The molecule has 0 radical (unpaired) electrons. The summed E-state index contributed by atoms with van der Waals surface area (Å²) in [4.78, 5) is 4.52. The molecule has 0 aliphatic carbocycles. The first kappa shape index (κ1) is 16.7. The molecule has 0 bridgehead atoms. The molecule has 1 rings (SSSR count). The minimum Gasteiger partial charge on any atom is -0.431 e. The van der Waals surface area contributed by atoms with E-state index in [4.69, 9.17) is 10.1 Å². The van der Waals surface area contributed by atoms with Gasteiger partial charge in [0.05, 0.1) is 17.2 Å². The monoisotopic (exact) mass is 284 g/mol. The standard InChI is InChI=1S/C13H25BN2O2S/c1-12(2,17)13(3,4)18-14-10(7-15)8-16-11-5-6-19-9-11/h7-8,10-11,14-15,17H,5-6,9H2,1-4H3. The van der Waals surface area contributed by atoms with Crippen LogP contribution in [0.4, 0.5) is 0 Å². The van der Waals surface area contributed by atoms with Gasteiger partial charge in [0.25, 0.3) is 7.48 Å². The quantitative estimate of drug-likeness (QED) is 0.554. The predicted molar refractivity (Wildman–Crippen MR) is 85.4 cm³/mol. The van der Waals surface area contributed by atoms with Crippen molar-refractivity contribution in [3.8, 4) is 0 Å². The molecule has 0 saturated carbocycles. The number of hydrogen-bond acceptors (Lipinski definition) is 5. The highest BCUT2D eigenvalue weighted by atomic mass is 32.2. The van der Waals surface area contributed by atoms with Crippen molar-refractivity contribution in [2.24, 2.45) is 4.99 Å². The Morgan fingerprint density at radius 3 is 2.63 bits per heavy atom. The molecule has 2 unspecified atom stereocenters. The molecule has 6 heteroatoms. The van der Waals surface area contributed by atoms with Gasteiger partial charge in [0.15, 0.2) is 0 Å². The van der Waals surface area contributed by atoms with Crippen LogP contribution in [0.1, 0.15) is 34.1 Å². The molecule has 19 heavy (non-hydrogen) atoms. The lowest BCUT2D eigenvalue weighted by Crippen LogP contribution is -2.48. The van der Waals surface area contributed by atoms with Gasteiger partial charge in [-0.3, -0.25) is 4.99 Å². The third kappa shape index (κ3) is 5.28. The SMILES string of the molecule is CC(C)(O)C(C)(C)OBC(C=N)C=NC1CCSC1. The van der Waals surface area contributed by atoms with Crippen LogP contribution in [-0.4, -0.2) is 53.8 Å². The predicted octanol–water partition coefficient (Wildman–Crippen LogP) is 1.92. The summed E-state index contributed by atoms with van der Waals surface area (Å²) in [6.45, 7) is 7.18. The number of nitrogens with one attached hydrogen (secondary N) is 1. The summed E-state index contributed by atoms with van der Waals surface area (Å²) in [5.74, 6) is 2.14. The maximum atomic E-state index is 10.0. The van der Waals surface area contributed by atoms with E-state index in [0.29, 0.717) is 13.5 Å². The minimum atomic E-state index is -0.918. The van der Waals surface area contributed by atoms with Gasteiger partial charge in [0.1, 0.15) is 0 Å². The first-order valence-electron chi connectivity index (χ1n) is 6.74. The van der Waals surface area contributed by atoms with Crippen LogP contribution in [0, 0.1) is 5.41 Å². The Bertz CT molecular complexity index is 323. The molecule has 4 nitrogen and oxygen atoms in total. The van der Waals surface area contributed by atoms with Crippen LogP contribution in [0.25, 0.3) is 0 Å². The van der Waals surface area contributed by atoms with Gasteiger partial charge in [-0.25, -0.2) is 0 Å². The molecule has 2 atom stereocenters. The Morgan fingerprint density at radius 2 is 2.16 bits per heavy atom. The average Bonchev–Trinajstić information content (AvgIpc) is 2.80. The average molecular weight is 284 g/mol. The lowest BCUT2D eigenvalue weighted by atomic mass is 9.78. The second-order valence-corrected chi connectivity index (χ2v) is 7.18. The first-order chi connectivity index (χ1) is 8.76. The minimum absolute atomic E-state index is 0.118. The van der Waals surface area contributed by atoms with Crippen molar-refractivity contribution in [2.45, 2.75) is 57.2 Å². The van der Waals surface area contributed by atoms with Crippen LogP contribution in [0.2, 0.25) is 5.82 Å². The maximum absolute atomic E-state index is 10.0. The Morgan fingerprint density at radius 1 is 1.47 bits per heavy atom. The summed E-state index contributed by atoms with van der Waals surface area (Å²) in [5, 5.41) is 17.4. The van der Waals surface area contributed by atoms with E-state index in [2.05, 4.69) is 4.99 Å². The summed E-state index contributed by atoms with van der Waals surface area (Å²) in [6, 6.07) is 0.398. The molecule has 0 aromatic rings. The van der Waals surface area contributed by atoms with Crippen LogP contribution in [0.15, 0.2) is 4.99 Å². The van der Waals surface area contributed by atoms with Gasteiger partial charge >= 0.3 is 0 Å². The molecule has 0 aromatic heterocycles. The van der Waals surface area contributed by atoms with E-state index in [1.807, 2.05) is 31.8 Å². The molecular formula is C13H25BN2O2S. The highest BCUT2D eigenvalue weighted by Crippen LogP contribution is 2.25. The lowest BCUT2D eigenvalue weighted by Gasteiger charge is -2.38. The molecule has 0 amide bonds. The first-order valence-corrected chi connectivity index (χ1v) is 7.89. The Labute approximate surface area is 121 Å². The summed E-state index contributed by atoms with van der Waals surface area (Å²) < 4.78 is 5.76. The van der Waals surface area contributed by atoms with Gasteiger partial charge < -0.3 is 15.2 Å². The molecule has 0 spiro atoms. The summed E-state index contributed by atoms with van der Waals surface area (Å²) in [7, 11) is 0.379. The number of hydrogen-bond donors (Lipinski definition) is 2. The summed E-state index contributed by atoms with van der Waals surface area (Å²) in [6.07, 6.45) is 4.30. The van der Waals surface area contributed by atoms with Crippen LogP contribution in [0.5, 0.6) is 0 Å². The van der Waals surface area contributed by atoms with Crippen molar-refractivity contribution in [2.75, 3.05) is 11.5 Å². The van der Waals surface area contributed by atoms with Crippen molar-refractivity contribution in [1.29, 1.82) is 5.41 Å². The fourth-order valence-corrected chi connectivity index (χ4v) is 2.62. The van der Waals surface area contributed by atoms with E-state index in [1.165, 1.54) is 12.0 Å². The van der Waals surface area contributed by atoms with Gasteiger partial charge in [0.2, 0.25) is 0 Å². The Balaban J connectivity index is 2.46. The number of thioether (sulfide) groups is 1. The highest BCUT2D eigenvalue weighted by Gasteiger charge is 2.36. The van der Waals surface area contributed by atoms with Crippen molar-refractivity contribution >= 4 is 31.7 Å². The normalized spacial score (nSPS) is 22.7.